The van der Waals surface area contributed by atoms with Crippen molar-refractivity contribution < 1.29 is 14.3 Å². The average Bonchev–Trinajstić information content (AvgIpc) is 2.87. The second-order valence-corrected chi connectivity index (χ2v) is 3.62. The number of aromatic nitrogens is 1. The van der Waals surface area contributed by atoms with Crippen molar-refractivity contribution in [3.05, 3.63) is 47.7 Å². The van der Waals surface area contributed by atoms with E-state index in [2.05, 4.69) is 4.98 Å². The van der Waals surface area contributed by atoms with E-state index in [4.69, 9.17) is 9.52 Å². The van der Waals surface area contributed by atoms with E-state index < -0.39 is 5.97 Å². The van der Waals surface area contributed by atoms with E-state index in [1.165, 1.54) is 0 Å². The summed E-state index contributed by atoms with van der Waals surface area (Å²) < 4.78 is 5.21. The van der Waals surface area contributed by atoms with Gasteiger partial charge in [0.2, 0.25) is 0 Å². The first kappa shape index (κ1) is 10.5. The van der Waals surface area contributed by atoms with Crippen LogP contribution in [0.2, 0.25) is 0 Å². The number of carboxylic acids is 1. The Morgan fingerprint density at radius 2 is 2.25 bits per heavy atom. The Labute approximate surface area is 92.9 Å². The first-order chi connectivity index (χ1) is 7.77. The monoisotopic (exact) mass is 219 g/mol. The van der Waals surface area contributed by atoms with E-state index in [1.54, 1.807) is 12.5 Å². The number of aromatic carboxylic acids is 1. The Morgan fingerprint density at radius 3 is 2.94 bits per heavy atom. The van der Waals surface area contributed by atoms with Crippen molar-refractivity contribution in [2.45, 2.75) is 19.3 Å². The summed E-state index contributed by atoms with van der Waals surface area (Å²) in [6, 6.07) is 5.59. The van der Waals surface area contributed by atoms with Gasteiger partial charge in [-0.3, -0.25) is 0 Å². The van der Waals surface area contributed by atoms with Crippen LogP contribution < -0.4 is 0 Å². The van der Waals surface area contributed by atoms with Crippen LogP contribution in [-0.4, -0.2) is 16.1 Å². The molecule has 0 amide bonds. The van der Waals surface area contributed by atoms with E-state index in [1.807, 2.05) is 18.2 Å². The van der Waals surface area contributed by atoms with Gasteiger partial charge in [0.1, 0.15) is 11.5 Å². The lowest BCUT2D eigenvalue weighted by Crippen LogP contribution is -2.01. The van der Waals surface area contributed by atoms with Gasteiger partial charge < -0.3 is 14.5 Å². The third-order valence-electron chi connectivity index (χ3n) is 2.50. The number of carboxylic acid groups (broad SMARTS) is 1. The molecular weight excluding hydrogens is 206 g/mol. The topological polar surface area (TPSA) is 66.2 Å². The second kappa shape index (κ2) is 4.70. The minimum absolute atomic E-state index is 0.291. The second-order valence-electron chi connectivity index (χ2n) is 3.62. The van der Waals surface area contributed by atoms with Crippen LogP contribution >= 0.6 is 0 Å². The number of furan rings is 1. The summed E-state index contributed by atoms with van der Waals surface area (Å²) in [5.74, 6) is 0.0328. The molecule has 2 N–H and O–H groups in total. The predicted molar refractivity (Wildman–Crippen MR) is 58.5 cm³/mol. The van der Waals surface area contributed by atoms with Crippen LogP contribution in [0.1, 0.15) is 28.2 Å². The number of rotatable bonds is 5. The molecule has 4 heteroatoms. The van der Waals surface area contributed by atoms with E-state index in [0.717, 1.165) is 30.6 Å². The molecule has 0 fully saturated rings. The Kier molecular flexibility index (Phi) is 3.10. The highest BCUT2D eigenvalue weighted by atomic mass is 16.4. The van der Waals surface area contributed by atoms with Gasteiger partial charge in [-0.05, 0) is 36.6 Å². The largest absolute Gasteiger partial charge is 0.477 e. The van der Waals surface area contributed by atoms with Crippen LogP contribution in [0, 0.1) is 0 Å². The number of hydrogen-bond acceptors (Lipinski definition) is 2. The third-order valence-corrected chi connectivity index (χ3v) is 2.50. The highest BCUT2D eigenvalue weighted by Crippen LogP contribution is 2.12. The van der Waals surface area contributed by atoms with Crippen molar-refractivity contribution in [3.8, 4) is 0 Å². The average molecular weight is 219 g/mol. The fourth-order valence-corrected chi connectivity index (χ4v) is 1.72. The summed E-state index contributed by atoms with van der Waals surface area (Å²) >= 11 is 0. The van der Waals surface area contributed by atoms with Gasteiger partial charge in [-0.2, -0.15) is 0 Å². The quantitative estimate of drug-likeness (QED) is 0.811. The number of aryl methyl sites for hydroxylation is 2. The predicted octanol–water partition coefficient (Wildman–Crippen LogP) is 2.48. The molecule has 2 rings (SSSR count). The van der Waals surface area contributed by atoms with Crippen molar-refractivity contribution in [1.82, 2.24) is 4.98 Å². The van der Waals surface area contributed by atoms with Gasteiger partial charge in [0.15, 0.2) is 0 Å². The first-order valence-electron chi connectivity index (χ1n) is 5.19. The Hall–Kier alpha value is -1.97. The molecule has 0 aromatic carbocycles. The molecule has 0 aliphatic rings. The summed E-state index contributed by atoms with van der Waals surface area (Å²) in [4.78, 5) is 13.6. The molecule has 0 radical (unpaired) electrons. The first-order valence-corrected chi connectivity index (χ1v) is 5.19. The Bertz CT molecular complexity index is 456. The highest BCUT2D eigenvalue weighted by molar-refractivity contribution is 5.87. The van der Waals surface area contributed by atoms with Gasteiger partial charge in [-0.25, -0.2) is 4.79 Å². The lowest BCUT2D eigenvalue weighted by Gasteiger charge is -1.99. The van der Waals surface area contributed by atoms with Crippen LogP contribution in [0.3, 0.4) is 0 Å². The highest BCUT2D eigenvalue weighted by Gasteiger charge is 2.10. The number of hydrogen-bond donors (Lipinski definition) is 2. The molecule has 2 aromatic heterocycles. The van der Waals surface area contributed by atoms with Gasteiger partial charge in [0, 0.05) is 12.6 Å². The molecule has 2 aromatic rings. The summed E-state index contributed by atoms with van der Waals surface area (Å²) in [6.45, 7) is 0. The van der Waals surface area contributed by atoms with Crippen molar-refractivity contribution >= 4 is 5.97 Å². The molecular formula is C12H13NO3. The molecule has 0 aliphatic carbocycles. The van der Waals surface area contributed by atoms with Crippen molar-refractivity contribution in [3.63, 3.8) is 0 Å². The molecule has 0 spiro atoms. The summed E-state index contributed by atoms with van der Waals surface area (Å²) in [5.41, 5.74) is 1.14. The lowest BCUT2D eigenvalue weighted by atomic mass is 10.1. The zero-order valence-corrected chi connectivity index (χ0v) is 8.77. The van der Waals surface area contributed by atoms with Crippen LogP contribution in [-0.2, 0) is 12.8 Å². The van der Waals surface area contributed by atoms with Gasteiger partial charge in [0.25, 0.3) is 0 Å². The van der Waals surface area contributed by atoms with Gasteiger partial charge in [-0.15, -0.1) is 0 Å². The standard InChI is InChI=1S/C12H13NO3/c14-12(15)11-9(6-7-13-11)3-1-4-10-5-2-8-16-10/h2,5-8,13H,1,3-4H2,(H,14,15). The lowest BCUT2D eigenvalue weighted by molar-refractivity contribution is 0.0690. The molecule has 4 nitrogen and oxygen atoms in total. The van der Waals surface area contributed by atoms with E-state index in [-0.39, 0.29) is 0 Å². The molecule has 0 aliphatic heterocycles. The molecule has 0 saturated carbocycles. The SMILES string of the molecule is O=C(O)c1[nH]ccc1CCCc1ccco1. The van der Waals surface area contributed by atoms with E-state index >= 15 is 0 Å². The normalized spacial score (nSPS) is 10.5. The summed E-state index contributed by atoms with van der Waals surface area (Å²) in [5, 5.41) is 8.89. The molecule has 0 atom stereocenters. The van der Waals surface area contributed by atoms with Crippen LogP contribution in [0.15, 0.2) is 35.1 Å². The van der Waals surface area contributed by atoms with E-state index in [0.29, 0.717) is 5.69 Å². The fourth-order valence-electron chi connectivity index (χ4n) is 1.72. The Balaban J connectivity index is 1.90. The van der Waals surface area contributed by atoms with Gasteiger partial charge >= 0.3 is 5.97 Å². The molecule has 2 heterocycles. The molecule has 84 valence electrons. The van der Waals surface area contributed by atoms with Crippen molar-refractivity contribution in [2.24, 2.45) is 0 Å². The maximum absolute atomic E-state index is 10.8. The maximum atomic E-state index is 10.8. The molecule has 0 unspecified atom stereocenters. The zero-order chi connectivity index (χ0) is 11.4. The third kappa shape index (κ3) is 2.34. The minimum atomic E-state index is -0.905. The number of H-pyrrole nitrogens is 1. The fraction of sp³-hybridized carbons (Fsp3) is 0.250. The summed E-state index contributed by atoms with van der Waals surface area (Å²) in [7, 11) is 0. The smallest absolute Gasteiger partial charge is 0.352 e. The van der Waals surface area contributed by atoms with Crippen LogP contribution in [0.5, 0.6) is 0 Å². The van der Waals surface area contributed by atoms with E-state index in [9.17, 15) is 4.79 Å². The molecule has 0 bridgehead atoms. The van der Waals surface area contributed by atoms with Gasteiger partial charge in [0.05, 0.1) is 6.26 Å². The minimum Gasteiger partial charge on any atom is -0.477 e. The molecule has 0 saturated heterocycles. The number of carbonyl (C=O) groups is 1. The van der Waals surface area contributed by atoms with Crippen LogP contribution in [0.4, 0.5) is 0 Å². The molecule has 16 heavy (non-hydrogen) atoms. The Morgan fingerprint density at radius 1 is 1.38 bits per heavy atom. The maximum Gasteiger partial charge on any atom is 0.352 e. The summed E-state index contributed by atoms with van der Waals surface area (Å²) in [6.07, 6.45) is 5.76. The van der Waals surface area contributed by atoms with Crippen LogP contribution in [0.25, 0.3) is 0 Å². The number of nitrogens with one attached hydrogen (secondary N) is 1. The van der Waals surface area contributed by atoms with Crippen molar-refractivity contribution in [2.75, 3.05) is 0 Å². The number of aromatic amines is 1. The zero-order valence-electron chi connectivity index (χ0n) is 8.77. The van der Waals surface area contributed by atoms with Gasteiger partial charge in [-0.1, -0.05) is 0 Å². The van der Waals surface area contributed by atoms with Crippen molar-refractivity contribution in [1.29, 1.82) is 0 Å².